The normalized spacial score (nSPS) is 25.6. The van der Waals surface area contributed by atoms with Gasteiger partial charge in [-0.3, -0.25) is 0 Å². The van der Waals surface area contributed by atoms with Crippen molar-refractivity contribution < 1.29 is 18.3 Å². The van der Waals surface area contributed by atoms with Crippen molar-refractivity contribution in [1.29, 1.82) is 0 Å². The monoisotopic (exact) mass is 560 g/mol. The van der Waals surface area contributed by atoms with Crippen molar-refractivity contribution in [1.82, 2.24) is 9.03 Å². The molecule has 1 saturated heterocycles. The van der Waals surface area contributed by atoms with Crippen molar-refractivity contribution >= 4 is 53.2 Å². The van der Waals surface area contributed by atoms with Gasteiger partial charge in [-0.25, -0.2) is 0 Å². The van der Waals surface area contributed by atoms with Crippen molar-refractivity contribution in [2.24, 2.45) is 0 Å². The summed E-state index contributed by atoms with van der Waals surface area (Å²) in [6, 6.07) is 16.8. The zero-order chi connectivity index (χ0) is 21.5. The second kappa shape index (κ2) is 8.23. The van der Waals surface area contributed by atoms with Crippen LogP contribution in [0.3, 0.4) is 0 Å². The Hall–Kier alpha value is -1.46. The Bertz CT molecular complexity index is 1090. The third kappa shape index (κ3) is 3.91. The molecule has 0 saturated carbocycles. The third-order valence-electron chi connectivity index (χ3n) is 5.50. The number of benzene rings is 2. The second-order valence-electron chi connectivity index (χ2n) is 7.26. The van der Waals surface area contributed by atoms with Gasteiger partial charge in [-0.05, 0) is 0 Å². The van der Waals surface area contributed by atoms with Crippen LogP contribution < -0.4 is 4.72 Å². The van der Waals surface area contributed by atoms with E-state index in [1.807, 2.05) is 65.6 Å². The minimum atomic E-state index is -3.93. The van der Waals surface area contributed by atoms with Gasteiger partial charge in [-0.1, -0.05) is 0 Å². The number of nitrogens with one attached hydrogen (secondary N) is 1. The zero-order valence-electron chi connectivity index (χ0n) is 16.3. The summed E-state index contributed by atoms with van der Waals surface area (Å²) in [5.41, 5.74) is 2.96. The first-order chi connectivity index (χ1) is 14.3. The Labute approximate surface area is 188 Å². The van der Waals surface area contributed by atoms with E-state index in [0.717, 1.165) is 16.7 Å². The van der Waals surface area contributed by atoms with E-state index in [4.69, 9.17) is 11.6 Å². The van der Waals surface area contributed by atoms with Crippen molar-refractivity contribution in [3.05, 3.63) is 76.8 Å². The maximum atomic E-state index is 13.1. The van der Waals surface area contributed by atoms with Crippen LogP contribution in [0.15, 0.2) is 60.7 Å². The summed E-state index contributed by atoms with van der Waals surface area (Å²) in [7, 11) is -3.93. The topological polar surface area (TPSA) is 86.7 Å². The standard InChI is InChI=1S/C21H22ClIN2O4S/c1-23-19(17-5-3-2-4-6-17)21(23,20(26)27)24-30(28,29)25-13-11-16(12-14-25)15-7-9-18(22)10-8-15/h2-11,19,24H,12-14H2,1H3,(H,26,27)/t19-,21+/m1/s1. The molecule has 0 aliphatic carbocycles. The summed E-state index contributed by atoms with van der Waals surface area (Å²) in [5.74, 6) is -1.08. The van der Waals surface area contributed by atoms with Crippen LogP contribution in [0.2, 0.25) is 5.02 Å². The molecule has 0 unspecified atom stereocenters. The fourth-order valence-corrected chi connectivity index (χ4v) is 14.0. The molecule has 0 bridgehead atoms. The molecule has 2 aliphatic heterocycles. The Morgan fingerprint density at radius 1 is 1.20 bits per heavy atom. The number of nitrogens with zero attached hydrogens (tertiary/aromatic N) is 1. The van der Waals surface area contributed by atoms with Gasteiger partial charge in [-0.15, -0.1) is 0 Å². The quantitative estimate of drug-likeness (QED) is 0.318. The number of hydrogen-bond donors (Lipinski definition) is 2. The molecule has 0 radical (unpaired) electrons. The summed E-state index contributed by atoms with van der Waals surface area (Å²) < 4.78 is 28.5. The van der Waals surface area contributed by atoms with E-state index in [9.17, 15) is 18.3 Å². The van der Waals surface area contributed by atoms with Gasteiger partial charge >= 0.3 is 189 Å². The molecule has 6 nitrogen and oxygen atoms in total. The molecule has 0 aromatic heterocycles. The SMILES string of the molecule is CI1[C@H](c2ccccc2)[C@]1(NS(=O)(=O)N1CC=C(c2ccc(Cl)cc2)CC1)C(=O)O. The zero-order valence-corrected chi connectivity index (χ0v) is 20.0. The van der Waals surface area contributed by atoms with Crippen LogP contribution in [0.1, 0.15) is 21.5 Å². The van der Waals surface area contributed by atoms with E-state index >= 15 is 0 Å². The Morgan fingerprint density at radius 3 is 2.43 bits per heavy atom. The van der Waals surface area contributed by atoms with Crippen molar-refractivity contribution in [3.8, 4) is 0 Å². The molecular weight excluding hydrogens is 539 g/mol. The van der Waals surface area contributed by atoms with Crippen molar-refractivity contribution in [3.63, 3.8) is 0 Å². The predicted octanol–water partition coefficient (Wildman–Crippen LogP) is 3.94. The van der Waals surface area contributed by atoms with E-state index in [-0.39, 0.29) is 10.5 Å². The van der Waals surface area contributed by atoms with Crippen LogP contribution in [0, 0.1) is 0 Å². The van der Waals surface area contributed by atoms with E-state index in [0.29, 0.717) is 18.0 Å². The van der Waals surface area contributed by atoms with Crippen LogP contribution in [0.25, 0.3) is 5.57 Å². The van der Waals surface area contributed by atoms with E-state index in [2.05, 4.69) is 4.72 Å². The van der Waals surface area contributed by atoms with E-state index in [1.165, 1.54) is 4.31 Å². The average molecular weight is 561 g/mol. The number of halogens is 2. The molecule has 2 heterocycles. The minimum absolute atomic E-state index is 0.205. The van der Waals surface area contributed by atoms with Gasteiger partial charge in [0.2, 0.25) is 0 Å². The van der Waals surface area contributed by atoms with Gasteiger partial charge in [0.15, 0.2) is 0 Å². The van der Waals surface area contributed by atoms with Crippen molar-refractivity contribution in [2.45, 2.75) is 13.9 Å². The van der Waals surface area contributed by atoms with E-state index in [1.54, 1.807) is 0 Å². The molecule has 30 heavy (non-hydrogen) atoms. The molecule has 2 aromatic rings. The molecule has 160 valence electrons. The van der Waals surface area contributed by atoms with Crippen LogP contribution >= 0.6 is 31.4 Å². The van der Waals surface area contributed by atoms with Crippen LogP contribution in [0.4, 0.5) is 0 Å². The molecule has 2 N–H and O–H groups in total. The Balaban J connectivity index is 1.53. The summed E-state index contributed by atoms with van der Waals surface area (Å²) in [6.07, 6.45) is 2.43. The molecule has 9 heteroatoms. The fourth-order valence-electron chi connectivity index (χ4n) is 3.83. The first-order valence-electron chi connectivity index (χ1n) is 9.36. The van der Waals surface area contributed by atoms with Gasteiger partial charge in [-0.2, -0.15) is 0 Å². The number of alkyl halides is 3. The molecular formula is C21H22ClIN2O4S. The van der Waals surface area contributed by atoms with Gasteiger partial charge < -0.3 is 0 Å². The van der Waals surface area contributed by atoms with Gasteiger partial charge in [0.1, 0.15) is 0 Å². The Morgan fingerprint density at radius 2 is 1.87 bits per heavy atom. The molecule has 2 aliphatic rings. The van der Waals surface area contributed by atoms with E-state index < -0.39 is 39.5 Å². The number of aliphatic carboxylic acids is 1. The summed E-state index contributed by atoms with van der Waals surface area (Å²) in [5, 5.41) is 10.6. The van der Waals surface area contributed by atoms with Gasteiger partial charge in [0.05, 0.1) is 0 Å². The number of rotatable bonds is 6. The molecule has 2 atom stereocenters. The summed E-state index contributed by atoms with van der Waals surface area (Å²) in [4.78, 5) is 14.1. The molecule has 2 aromatic carbocycles. The van der Waals surface area contributed by atoms with Crippen molar-refractivity contribution in [2.75, 3.05) is 18.0 Å². The number of carboxylic acid groups (broad SMARTS) is 1. The fraction of sp³-hybridized carbons (Fsp3) is 0.286. The van der Waals surface area contributed by atoms with Gasteiger partial charge in [0.25, 0.3) is 0 Å². The summed E-state index contributed by atoms with van der Waals surface area (Å²) in [6.45, 7) is 0.504. The number of carbonyl (C=O) groups is 1. The first kappa shape index (κ1) is 21.8. The van der Waals surface area contributed by atoms with Crippen LogP contribution in [-0.4, -0.2) is 45.4 Å². The number of carboxylic acids is 1. The predicted molar refractivity (Wildman–Crippen MR) is 127 cm³/mol. The maximum absolute atomic E-state index is 13.1. The molecule has 4 rings (SSSR count). The van der Waals surface area contributed by atoms with Crippen LogP contribution in [-0.2, 0) is 15.0 Å². The van der Waals surface area contributed by atoms with Crippen LogP contribution in [0.5, 0.6) is 0 Å². The second-order valence-corrected chi connectivity index (χ2v) is 15.3. The summed E-state index contributed by atoms with van der Waals surface area (Å²) >= 11 is 3.83. The molecule has 1 fully saturated rings. The first-order valence-corrected chi connectivity index (χ1v) is 15.7. The molecule has 0 amide bonds. The van der Waals surface area contributed by atoms with Gasteiger partial charge in [0, 0.05) is 0 Å². The number of hydrogen-bond acceptors (Lipinski definition) is 3. The molecule has 0 spiro atoms. The average Bonchev–Trinajstić information content (AvgIpc) is 3.33. The Kier molecular flexibility index (Phi) is 5.97. The third-order valence-corrected chi connectivity index (χ3v) is 14.6.